The number of carbonyl (C=O) groups is 1. The van der Waals surface area contributed by atoms with Gasteiger partial charge in [0.05, 0.1) is 12.1 Å². The van der Waals surface area contributed by atoms with Gasteiger partial charge in [-0.25, -0.2) is 0 Å². The van der Waals surface area contributed by atoms with Gasteiger partial charge in [0.1, 0.15) is 0 Å². The first-order chi connectivity index (χ1) is 11.1. The van der Waals surface area contributed by atoms with Crippen LogP contribution in [0.25, 0.3) is 0 Å². The highest BCUT2D eigenvalue weighted by Gasteiger charge is 2.59. The van der Waals surface area contributed by atoms with Gasteiger partial charge < -0.3 is 15.0 Å². The fourth-order valence-electron chi connectivity index (χ4n) is 4.77. The van der Waals surface area contributed by atoms with E-state index in [4.69, 9.17) is 4.74 Å². The normalized spacial score (nSPS) is 35.7. The predicted octanol–water partition coefficient (Wildman–Crippen LogP) is 2.59. The molecule has 124 valence electrons. The fraction of sp³-hybridized carbons (Fsp3) is 0.632. The van der Waals surface area contributed by atoms with E-state index >= 15 is 0 Å². The van der Waals surface area contributed by atoms with E-state index < -0.39 is 0 Å². The molecule has 3 aliphatic rings. The quantitative estimate of drug-likeness (QED) is 0.932. The Morgan fingerprint density at radius 3 is 2.78 bits per heavy atom. The number of hydrogen-bond acceptors (Lipinski definition) is 3. The number of ether oxygens (including phenoxy) is 1. The molecule has 0 unspecified atom stereocenters. The first-order valence-corrected chi connectivity index (χ1v) is 8.83. The van der Waals surface area contributed by atoms with Gasteiger partial charge in [-0.05, 0) is 31.4 Å². The monoisotopic (exact) mass is 314 g/mol. The van der Waals surface area contributed by atoms with E-state index in [1.165, 1.54) is 0 Å². The summed E-state index contributed by atoms with van der Waals surface area (Å²) >= 11 is 0. The third kappa shape index (κ3) is 2.39. The number of amides is 1. The lowest BCUT2D eigenvalue weighted by Crippen LogP contribution is -2.69. The Morgan fingerprint density at radius 1 is 1.22 bits per heavy atom. The summed E-state index contributed by atoms with van der Waals surface area (Å²) < 4.78 is 5.87. The highest BCUT2D eigenvalue weighted by atomic mass is 16.5. The van der Waals surface area contributed by atoms with Crippen molar-refractivity contribution in [3.8, 4) is 0 Å². The minimum absolute atomic E-state index is 0.0604. The van der Waals surface area contributed by atoms with E-state index in [0.29, 0.717) is 18.1 Å². The van der Waals surface area contributed by atoms with Crippen molar-refractivity contribution < 1.29 is 9.53 Å². The van der Waals surface area contributed by atoms with Gasteiger partial charge in [0.15, 0.2) is 0 Å². The second kappa shape index (κ2) is 5.60. The average molecular weight is 314 g/mol. The number of rotatable bonds is 3. The molecular weight excluding hydrogens is 288 g/mol. The zero-order valence-corrected chi connectivity index (χ0v) is 14.0. The molecule has 0 bridgehead atoms. The lowest BCUT2D eigenvalue weighted by molar-refractivity contribution is -0.131. The summed E-state index contributed by atoms with van der Waals surface area (Å²) in [5.74, 6) is 0.797. The summed E-state index contributed by atoms with van der Waals surface area (Å²) in [7, 11) is 0. The van der Waals surface area contributed by atoms with Crippen molar-refractivity contribution in [3.05, 3.63) is 30.3 Å². The molecule has 2 heterocycles. The summed E-state index contributed by atoms with van der Waals surface area (Å²) in [5.41, 5.74) is 1.13. The van der Waals surface area contributed by atoms with Crippen molar-refractivity contribution in [1.29, 1.82) is 0 Å². The van der Waals surface area contributed by atoms with E-state index in [-0.39, 0.29) is 17.4 Å². The van der Waals surface area contributed by atoms with Crippen LogP contribution in [-0.4, -0.2) is 37.2 Å². The second-order valence-corrected chi connectivity index (χ2v) is 7.73. The largest absolute Gasteiger partial charge is 0.377 e. The number of fused-ring (bicyclic) bond motifs is 1. The van der Waals surface area contributed by atoms with Crippen LogP contribution in [0.15, 0.2) is 30.3 Å². The number of nitrogens with zero attached hydrogens (tertiary/aromatic N) is 1. The number of hydrogen-bond donors (Lipinski definition) is 1. The standard InChI is InChI=1S/C19H26N2O2/c1-19(2)16(14-10-12-23-17(14)19)20-15-9-6-11-21(18(15)22)13-7-4-3-5-8-13/h3-5,7-8,14-17,20H,6,9-12H2,1-2H3/t14-,15+,16+,17-/m0/s1. The molecule has 4 rings (SSSR count). The topological polar surface area (TPSA) is 41.6 Å². The van der Waals surface area contributed by atoms with E-state index in [1.54, 1.807) is 0 Å². The zero-order chi connectivity index (χ0) is 16.0. The van der Waals surface area contributed by atoms with Crippen molar-refractivity contribution in [2.45, 2.75) is 51.3 Å². The number of para-hydroxylation sites is 1. The molecule has 1 saturated carbocycles. The minimum Gasteiger partial charge on any atom is -0.377 e. The molecule has 2 saturated heterocycles. The Kier molecular flexibility index (Phi) is 3.69. The molecule has 1 aliphatic carbocycles. The van der Waals surface area contributed by atoms with Crippen LogP contribution in [0.2, 0.25) is 0 Å². The SMILES string of the molecule is CC1(C)[C@H](N[C@@H]2CCCN(c3ccccc3)C2=O)[C@@H]2CCO[C@@H]21. The summed E-state index contributed by atoms with van der Waals surface area (Å²) in [4.78, 5) is 14.9. The smallest absolute Gasteiger partial charge is 0.244 e. The lowest BCUT2D eigenvalue weighted by atomic mass is 9.57. The van der Waals surface area contributed by atoms with Crippen LogP contribution < -0.4 is 10.2 Å². The third-order valence-electron chi connectivity index (χ3n) is 5.99. The molecule has 1 aromatic carbocycles. The average Bonchev–Trinajstić information content (AvgIpc) is 3.02. The summed E-state index contributed by atoms with van der Waals surface area (Å²) in [6.07, 6.45) is 3.47. The van der Waals surface area contributed by atoms with Crippen LogP contribution in [0.1, 0.15) is 33.1 Å². The Hall–Kier alpha value is -1.39. The van der Waals surface area contributed by atoms with Gasteiger partial charge in [-0.2, -0.15) is 0 Å². The molecule has 4 heteroatoms. The van der Waals surface area contributed by atoms with Crippen molar-refractivity contribution >= 4 is 11.6 Å². The maximum absolute atomic E-state index is 12.9. The number of benzene rings is 1. The van der Waals surface area contributed by atoms with Crippen molar-refractivity contribution in [2.75, 3.05) is 18.1 Å². The van der Waals surface area contributed by atoms with E-state index in [1.807, 2.05) is 35.2 Å². The molecule has 0 aromatic heterocycles. The molecule has 3 fully saturated rings. The Labute approximate surface area is 138 Å². The maximum Gasteiger partial charge on any atom is 0.244 e. The second-order valence-electron chi connectivity index (χ2n) is 7.73. The van der Waals surface area contributed by atoms with E-state index in [9.17, 15) is 4.79 Å². The van der Waals surface area contributed by atoms with Crippen LogP contribution in [0.5, 0.6) is 0 Å². The zero-order valence-electron chi connectivity index (χ0n) is 14.0. The Balaban J connectivity index is 1.48. The summed E-state index contributed by atoms with van der Waals surface area (Å²) in [6, 6.07) is 10.4. The van der Waals surface area contributed by atoms with Crippen LogP contribution >= 0.6 is 0 Å². The van der Waals surface area contributed by atoms with Gasteiger partial charge in [0.25, 0.3) is 0 Å². The van der Waals surface area contributed by atoms with Crippen molar-refractivity contribution in [2.24, 2.45) is 11.3 Å². The van der Waals surface area contributed by atoms with E-state index in [2.05, 4.69) is 19.2 Å². The highest BCUT2D eigenvalue weighted by Crippen LogP contribution is 2.52. The molecular formula is C19H26N2O2. The Morgan fingerprint density at radius 2 is 2.00 bits per heavy atom. The van der Waals surface area contributed by atoms with Crippen LogP contribution in [0.3, 0.4) is 0 Å². The van der Waals surface area contributed by atoms with Gasteiger partial charge in [-0.1, -0.05) is 32.0 Å². The number of anilines is 1. The molecule has 0 spiro atoms. The molecule has 1 amide bonds. The third-order valence-corrected chi connectivity index (χ3v) is 5.99. The van der Waals surface area contributed by atoms with Crippen LogP contribution in [0, 0.1) is 11.3 Å². The van der Waals surface area contributed by atoms with Gasteiger partial charge in [-0.3, -0.25) is 4.79 Å². The summed E-state index contributed by atoms with van der Waals surface area (Å²) in [6.45, 7) is 6.22. The predicted molar refractivity (Wildman–Crippen MR) is 90.4 cm³/mol. The first-order valence-electron chi connectivity index (χ1n) is 8.83. The molecule has 4 nitrogen and oxygen atoms in total. The fourth-order valence-corrected chi connectivity index (χ4v) is 4.77. The number of nitrogens with one attached hydrogen (secondary N) is 1. The number of piperidine rings is 1. The lowest BCUT2D eigenvalue weighted by Gasteiger charge is -2.56. The highest BCUT2D eigenvalue weighted by molar-refractivity contribution is 5.97. The van der Waals surface area contributed by atoms with Crippen molar-refractivity contribution in [1.82, 2.24) is 5.32 Å². The summed E-state index contributed by atoms with van der Waals surface area (Å²) in [5, 5.41) is 3.70. The van der Waals surface area contributed by atoms with Gasteiger partial charge >= 0.3 is 0 Å². The molecule has 1 aromatic rings. The van der Waals surface area contributed by atoms with Crippen LogP contribution in [0.4, 0.5) is 5.69 Å². The van der Waals surface area contributed by atoms with Gasteiger partial charge in [0, 0.05) is 36.2 Å². The van der Waals surface area contributed by atoms with E-state index in [0.717, 1.165) is 38.1 Å². The maximum atomic E-state index is 12.9. The molecule has 23 heavy (non-hydrogen) atoms. The van der Waals surface area contributed by atoms with Crippen molar-refractivity contribution in [3.63, 3.8) is 0 Å². The molecule has 0 radical (unpaired) electrons. The molecule has 2 aliphatic heterocycles. The van der Waals surface area contributed by atoms with Crippen LogP contribution in [-0.2, 0) is 9.53 Å². The number of carbonyl (C=O) groups excluding carboxylic acids is 1. The minimum atomic E-state index is -0.0604. The molecule has 4 atom stereocenters. The first kappa shape index (κ1) is 15.2. The van der Waals surface area contributed by atoms with Gasteiger partial charge in [-0.15, -0.1) is 0 Å². The Bertz CT molecular complexity index is 586. The van der Waals surface area contributed by atoms with Gasteiger partial charge in [0.2, 0.25) is 5.91 Å². The molecule has 1 N–H and O–H groups in total.